The molecule has 0 aromatic heterocycles. The van der Waals surface area contributed by atoms with Crippen LogP contribution in [0.5, 0.6) is 0 Å². The topological polar surface area (TPSA) is 74.6 Å². The number of benzene rings is 1. The second-order valence-corrected chi connectivity index (χ2v) is 4.11. The van der Waals surface area contributed by atoms with Gasteiger partial charge in [-0.1, -0.05) is 11.6 Å². The van der Waals surface area contributed by atoms with Gasteiger partial charge in [-0.3, -0.25) is 4.79 Å². The molecule has 0 amide bonds. The van der Waals surface area contributed by atoms with Gasteiger partial charge < -0.3 is 10.2 Å². The Labute approximate surface area is 104 Å². The van der Waals surface area contributed by atoms with Crippen molar-refractivity contribution in [1.29, 1.82) is 0 Å². The van der Waals surface area contributed by atoms with Gasteiger partial charge in [0.2, 0.25) is 5.76 Å². The third-order valence-corrected chi connectivity index (χ3v) is 2.57. The highest BCUT2D eigenvalue weighted by atomic mass is 79.9. The van der Waals surface area contributed by atoms with Crippen molar-refractivity contribution in [2.24, 2.45) is 0 Å². The normalized spacial score (nSPS) is 11.2. The van der Waals surface area contributed by atoms with E-state index in [2.05, 4.69) is 15.9 Å². The van der Waals surface area contributed by atoms with E-state index in [-0.39, 0.29) is 5.56 Å². The molecule has 0 saturated heterocycles. The number of ketones is 1. The Balaban J connectivity index is 3.07. The minimum Gasteiger partial charge on any atom is -0.502 e. The summed E-state index contributed by atoms with van der Waals surface area (Å²) in [5, 5.41) is 17.7. The number of hydrogen-bond donors (Lipinski definition) is 2. The van der Waals surface area contributed by atoms with E-state index in [0.29, 0.717) is 15.6 Å². The number of aliphatic hydroxyl groups excluding tert-OH is 1. The van der Waals surface area contributed by atoms with Crippen molar-refractivity contribution < 1.29 is 19.8 Å². The summed E-state index contributed by atoms with van der Waals surface area (Å²) >= 11 is 8.79. The number of aliphatic carboxylic acids is 1. The van der Waals surface area contributed by atoms with Crippen LogP contribution in [0.15, 0.2) is 34.5 Å². The summed E-state index contributed by atoms with van der Waals surface area (Å²) in [4.78, 5) is 21.8. The number of halogens is 2. The van der Waals surface area contributed by atoms with Crippen LogP contribution in [0.3, 0.4) is 0 Å². The molecule has 0 aliphatic heterocycles. The average Bonchev–Trinajstić information content (AvgIpc) is 2.16. The first-order valence-electron chi connectivity index (χ1n) is 4.05. The first-order valence-corrected chi connectivity index (χ1v) is 5.22. The number of hydrogen-bond acceptors (Lipinski definition) is 3. The number of aliphatic hydroxyl groups is 1. The van der Waals surface area contributed by atoms with Crippen LogP contribution in [0.1, 0.15) is 10.4 Å². The van der Waals surface area contributed by atoms with Crippen molar-refractivity contribution in [2.45, 2.75) is 0 Å². The van der Waals surface area contributed by atoms with Crippen LogP contribution in [0, 0.1) is 0 Å². The minimum atomic E-state index is -1.56. The Morgan fingerprint density at radius 1 is 1.31 bits per heavy atom. The summed E-state index contributed by atoms with van der Waals surface area (Å²) in [6.07, 6.45) is 0.635. The number of carboxylic acid groups (broad SMARTS) is 1. The van der Waals surface area contributed by atoms with Gasteiger partial charge in [0.1, 0.15) is 0 Å². The van der Waals surface area contributed by atoms with Gasteiger partial charge in [0.15, 0.2) is 5.78 Å². The summed E-state index contributed by atoms with van der Waals surface area (Å²) in [5.41, 5.74) is 0.220. The summed E-state index contributed by atoms with van der Waals surface area (Å²) in [7, 11) is 0. The smallest absolute Gasteiger partial charge is 0.371 e. The number of allylic oxidation sites excluding steroid dienone is 1. The van der Waals surface area contributed by atoms with Crippen LogP contribution >= 0.6 is 27.5 Å². The minimum absolute atomic E-state index is 0.220. The van der Waals surface area contributed by atoms with Crippen LogP contribution in [0.4, 0.5) is 0 Å². The fourth-order valence-corrected chi connectivity index (χ4v) is 1.83. The monoisotopic (exact) mass is 304 g/mol. The Kier molecular flexibility index (Phi) is 4.09. The van der Waals surface area contributed by atoms with Crippen LogP contribution in [0.25, 0.3) is 0 Å². The molecule has 1 rings (SSSR count). The number of rotatable bonds is 3. The summed E-state index contributed by atoms with van der Waals surface area (Å²) in [6, 6.07) is 4.42. The molecule has 6 heteroatoms. The van der Waals surface area contributed by atoms with E-state index in [0.717, 1.165) is 0 Å². The molecule has 1 aromatic carbocycles. The molecule has 1 aromatic rings. The molecule has 0 fully saturated rings. The maximum absolute atomic E-state index is 11.5. The third-order valence-electron chi connectivity index (χ3n) is 1.68. The highest BCUT2D eigenvalue weighted by Crippen LogP contribution is 2.22. The van der Waals surface area contributed by atoms with Crippen molar-refractivity contribution in [2.75, 3.05) is 0 Å². The van der Waals surface area contributed by atoms with Gasteiger partial charge in [-0.15, -0.1) is 0 Å². The van der Waals surface area contributed by atoms with Gasteiger partial charge >= 0.3 is 5.97 Å². The number of carbonyl (C=O) groups excluding carboxylic acids is 1. The maximum atomic E-state index is 11.5. The Morgan fingerprint density at radius 2 is 1.94 bits per heavy atom. The largest absolute Gasteiger partial charge is 0.502 e. The SMILES string of the molecule is O=C(O)/C(O)=C\C(=O)c1ccc(Cl)cc1Br. The van der Waals surface area contributed by atoms with Crippen LogP contribution in [0.2, 0.25) is 5.02 Å². The van der Waals surface area contributed by atoms with Gasteiger partial charge in [-0.2, -0.15) is 0 Å². The summed E-state index contributed by atoms with van der Waals surface area (Å²) in [6.45, 7) is 0. The lowest BCUT2D eigenvalue weighted by Gasteiger charge is -2.00. The fourth-order valence-electron chi connectivity index (χ4n) is 0.953. The van der Waals surface area contributed by atoms with E-state index in [4.69, 9.17) is 21.8 Å². The molecule has 84 valence electrons. The lowest BCUT2D eigenvalue weighted by molar-refractivity contribution is -0.135. The molecule has 0 unspecified atom stereocenters. The highest BCUT2D eigenvalue weighted by Gasteiger charge is 2.12. The summed E-state index contributed by atoms with van der Waals surface area (Å²) in [5.74, 6) is -3.19. The molecule has 16 heavy (non-hydrogen) atoms. The molecular formula is C10H6BrClO4. The second-order valence-electron chi connectivity index (χ2n) is 2.82. The molecular weight excluding hydrogens is 299 g/mol. The quantitative estimate of drug-likeness (QED) is 0.511. The van der Waals surface area contributed by atoms with Gasteiger partial charge in [0.25, 0.3) is 0 Å². The van der Waals surface area contributed by atoms with Crippen molar-refractivity contribution in [3.8, 4) is 0 Å². The van der Waals surface area contributed by atoms with Crippen molar-refractivity contribution in [3.05, 3.63) is 45.1 Å². The van der Waals surface area contributed by atoms with Crippen molar-refractivity contribution in [1.82, 2.24) is 0 Å². The zero-order valence-corrected chi connectivity index (χ0v) is 10.1. The van der Waals surface area contributed by atoms with Crippen molar-refractivity contribution >= 4 is 39.3 Å². The van der Waals surface area contributed by atoms with E-state index < -0.39 is 17.5 Å². The zero-order chi connectivity index (χ0) is 12.3. The molecule has 0 aliphatic carbocycles. The van der Waals surface area contributed by atoms with Gasteiger partial charge in [0.05, 0.1) is 0 Å². The first-order chi connectivity index (χ1) is 7.41. The van der Waals surface area contributed by atoms with Crippen molar-refractivity contribution in [3.63, 3.8) is 0 Å². The van der Waals surface area contributed by atoms with Gasteiger partial charge in [-0.05, 0) is 34.1 Å². The molecule has 4 nitrogen and oxygen atoms in total. The lowest BCUT2D eigenvalue weighted by Crippen LogP contribution is -2.04. The van der Waals surface area contributed by atoms with E-state index in [9.17, 15) is 9.59 Å². The Bertz CT molecular complexity index is 482. The lowest BCUT2D eigenvalue weighted by atomic mass is 10.1. The zero-order valence-electron chi connectivity index (χ0n) is 7.78. The van der Waals surface area contributed by atoms with Crippen LogP contribution in [-0.2, 0) is 4.79 Å². The Hall–Kier alpha value is -1.33. The predicted molar refractivity (Wildman–Crippen MR) is 61.8 cm³/mol. The number of carbonyl (C=O) groups is 2. The molecule has 0 bridgehead atoms. The highest BCUT2D eigenvalue weighted by molar-refractivity contribution is 9.10. The molecule has 0 heterocycles. The molecule has 0 saturated carbocycles. The molecule has 0 radical (unpaired) electrons. The van der Waals surface area contributed by atoms with E-state index in [1.165, 1.54) is 18.2 Å². The van der Waals surface area contributed by atoms with Gasteiger partial charge in [-0.25, -0.2) is 4.79 Å². The van der Waals surface area contributed by atoms with Crippen LogP contribution in [-0.4, -0.2) is 22.0 Å². The predicted octanol–water partition coefficient (Wildman–Crippen LogP) is 2.81. The molecule has 0 spiro atoms. The van der Waals surface area contributed by atoms with Crippen LogP contribution < -0.4 is 0 Å². The van der Waals surface area contributed by atoms with E-state index in [1.54, 1.807) is 0 Å². The standard InChI is InChI=1S/C10H6BrClO4/c11-7-3-5(12)1-2-6(7)8(13)4-9(14)10(15)16/h1-4,14H,(H,15,16)/b9-4+. The van der Waals surface area contributed by atoms with Gasteiger partial charge in [0, 0.05) is 21.1 Å². The third kappa shape index (κ3) is 3.08. The number of carboxylic acids is 1. The fraction of sp³-hybridized carbons (Fsp3) is 0. The molecule has 0 aliphatic rings. The molecule has 2 N–H and O–H groups in total. The average molecular weight is 306 g/mol. The van der Waals surface area contributed by atoms with E-state index in [1.807, 2.05) is 0 Å². The summed E-state index contributed by atoms with van der Waals surface area (Å²) < 4.78 is 0.430. The van der Waals surface area contributed by atoms with E-state index >= 15 is 0 Å². The Morgan fingerprint density at radius 3 is 2.44 bits per heavy atom. The first kappa shape index (κ1) is 12.7. The maximum Gasteiger partial charge on any atom is 0.371 e. The second kappa shape index (κ2) is 5.14. The molecule has 0 atom stereocenters.